The molecule has 5 nitrogen and oxygen atoms in total. The Morgan fingerprint density at radius 1 is 1.30 bits per heavy atom. The number of aromatic nitrogens is 4. The molecule has 1 unspecified atom stereocenters. The molecule has 0 amide bonds. The highest BCUT2D eigenvalue weighted by Gasteiger charge is 2.20. The predicted octanol–water partition coefficient (Wildman–Crippen LogP) is 2.74. The van der Waals surface area contributed by atoms with Gasteiger partial charge in [0.25, 0.3) is 0 Å². The molecule has 0 bridgehead atoms. The second kappa shape index (κ2) is 4.44. The molecule has 1 N–H and O–H groups in total. The summed E-state index contributed by atoms with van der Waals surface area (Å²) in [4.78, 5) is 9.93. The molecular weight excluding hydrogens is 250 g/mol. The zero-order chi connectivity index (χ0) is 13.5. The van der Waals surface area contributed by atoms with Crippen molar-refractivity contribution in [3.8, 4) is 0 Å². The van der Waals surface area contributed by atoms with Gasteiger partial charge in [0.1, 0.15) is 0 Å². The number of piperidine rings is 1. The molecule has 0 aromatic carbocycles. The highest BCUT2D eigenvalue weighted by atomic mass is 15.2. The zero-order valence-electron chi connectivity index (χ0n) is 11.5. The van der Waals surface area contributed by atoms with Gasteiger partial charge in [0.2, 0.25) is 0 Å². The monoisotopic (exact) mass is 267 g/mol. The van der Waals surface area contributed by atoms with E-state index in [0.717, 1.165) is 41.1 Å². The van der Waals surface area contributed by atoms with E-state index >= 15 is 0 Å². The van der Waals surface area contributed by atoms with Crippen LogP contribution < -0.4 is 4.90 Å². The number of fused-ring (bicyclic) bond motifs is 3. The molecule has 102 valence electrons. The van der Waals surface area contributed by atoms with Crippen molar-refractivity contribution < 1.29 is 0 Å². The fraction of sp³-hybridized carbons (Fsp3) is 0.400. The van der Waals surface area contributed by atoms with Crippen molar-refractivity contribution in [3.05, 3.63) is 24.5 Å². The minimum absolute atomic E-state index is 0.725. The van der Waals surface area contributed by atoms with Gasteiger partial charge in [0, 0.05) is 36.6 Å². The van der Waals surface area contributed by atoms with Gasteiger partial charge in [-0.1, -0.05) is 6.92 Å². The number of H-pyrrole nitrogens is 1. The lowest BCUT2D eigenvalue weighted by molar-refractivity contribution is 0.447. The number of hydrogen-bond acceptors (Lipinski definition) is 4. The third-order valence-corrected chi connectivity index (χ3v) is 4.14. The second-order valence-electron chi connectivity index (χ2n) is 5.66. The van der Waals surface area contributed by atoms with E-state index in [1.807, 2.05) is 12.3 Å². The van der Waals surface area contributed by atoms with Crippen LogP contribution in [0.1, 0.15) is 19.8 Å². The molecule has 0 saturated carbocycles. The Morgan fingerprint density at radius 3 is 3.15 bits per heavy atom. The SMILES string of the molecule is CC1CCCN(c2cc[nH]c3nnc4nccc4c23)C1. The van der Waals surface area contributed by atoms with Gasteiger partial charge < -0.3 is 9.88 Å². The summed E-state index contributed by atoms with van der Waals surface area (Å²) in [6.45, 7) is 4.54. The highest BCUT2D eigenvalue weighted by molar-refractivity contribution is 6.08. The van der Waals surface area contributed by atoms with E-state index in [2.05, 4.69) is 38.1 Å². The van der Waals surface area contributed by atoms with Crippen molar-refractivity contribution in [1.29, 1.82) is 0 Å². The minimum Gasteiger partial charge on any atom is -0.371 e. The second-order valence-corrected chi connectivity index (χ2v) is 5.66. The minimum atomic E-state index is 0.725. The lowest BCUT2D eigenvalue weighted by Crippen LogP contribution is -2.34. The van der Waals surface area contributed by atoms with E-state index in [0.29, 0.717) is 0 Å². The lowest BCUT2D eigenvalue weighted by atomic mass is 9.99. The van der Waals surface area contributed by atoms with Gasteiger partial charge in [-0.2, -0.15) is 0 Å². The normalized spacial score (nSPS) is 19.9. The van der Waals surface area contributed by atoms with Gasteiger partial charge in [-0.3, -0.25) is 0 Å². The van der Waals surface area contributed by atoms with E-state index in [-0.39, 0.29) is 0 Å². The first kappa shape index (κ1) is 11.6. The van der Waals surface area contributed by atoms with Crippen molar-refractivity contribution in [1.82, 2.24) is 20.2 Å². The van der Waals surface area contributed by atoms with Gasteiger partial charge in [-0.25, -0.2) is 4.98 Å². The van der Waals surface area contributed by atoms with E-state index < -0.39 is 0 Å². The van der Waals surface area contributed by atoms with Crippen molar-refractivity contribution in [2.45, 2.75) is 19.8 Å². The van der Waals surface area contributed by atoms with E-state index in [1.165, 1.54) is 18.5 Å². The van der Waals surface area contributed by atoms with Gasteiger partial charge in [-0.15, -0.1) is 10.2 Å². The fourth-order valence-electron chi connectivity index (χ4n) is 3.19. The summed E-state index contributed by atoms with van der Waals surface area (Å²) in [6.07, 6.45) is 6.32. The molecule has 0 aliphatic carbocycles. The summed E-state index contributed by atoms with van der Waals surface area (Å²) in [5.41, 5.74) is 2.81. The van der Waals surface area contributed by atoms with Crippen molar-refractivity contribution in [2.24, 2.45) is 5.92 Å². The van der Waals surface area contributed by atoms with E-state index in [9.17, 15) is 0 Å². The molecule has 20 heavy (non-hydrogen) atoms. The maximum Gasteiger partial charge on any atom is 0.182 e. The Balaban J connectivity index is 1.96. The summed E-state index contributed by atoms with van der Waals surface area (Å²) in [5.74, 6) is 0.742. The number of rotatable bonds is 1. The van der Waals surface area contributed by atoms with Crippen LogP contribution in [0.25, 0.3) is 22.1 Å². The highest BCUT2D eigenvalue weighted by Crippen LogP contribution is 2.32. The first-order chi connectivity index (χ1) is 9.83. The van der Waals surface area contributed by atoms with Crippen LogP contribution in [0.4, 0.5) is 5.69 Å². The lowest BCUT2D eigenvalue weighted by Gasteiger charge is -2.33. The third-order valence-electron chi connectivity index (χ3n) is 4.14. The molecule has 3 aromatic heterocycles. The average molecular weight is 267 g/mol. The summed E-state index contributed by atoms with van der Waals surface area (Å²) < 4.78 is 0. The van der Waals surface area contributed by atoms with Crippen molar-refractivity contribution >= 4 is 27.8 Å². The molecule has 3 aromatic rings. The first-order valence-corrected chi connectivity index (χ1v) is 7.16. The number of nitrogens with zero attached hydrogens (tertiary/aromatic N) is 4. The third kappa shape index (κ3) is 1.73. The molecule has 1 aliphatic rings. The quantitative estimate of drug-likeness (QED) is 0.736. The fourth-order valence-corrected chi connectivity index (χ4v) is 3.19. The number of hydrogen-bond donors (Lipinski definition) is 1. The summed E-state index contributed by atoms with van der Waals surface area (Å²) >= 11 is 0. The largest absolute Gasteiger partial charge is 0.371 e. The molecule has 1 aliphatic heterocycles. The maximum absolute atomic E-state index is 4.26. The summed E-state index contributed by atoms with van der Waals surface area (Å²) in [5, 5.41) is 10.6. The van der Waals surface area contributed by atoms with Crippen LogP contribution in [-0.4, -0.2) is 33.3 Å². The molecule has 1 fully saturated rings. The van der Waals surface area contributed by atoms with Crippen molar-refractivity contribution in [2.75, 3.05) is 18.0 Å². The van der Waals surface area contributed by atoms with Gasteiger partial charge in [0.05, 0.1) is 5.39 Å². The van der Waals surface area contributed by atoms with Gasteiger partial charge >= 0.3 is 0 Å². The van der Waals surface area contributed by atoms with E-state index in [1.54, 1.807) is 6.20 Å². The number of nitrogens with one attached hydrogen (secondary N) is 1. The molecule has 1 atom stereocenters. The van der Waals surface area contributed by atoms with E-state index in [4.69, 9.17) is 0 Å². The molecular formula is C15H17N5. The smallest absolute Gasteiger partial charge is 0.182 e. The topological polar surface area (TPSA) is 57.7 Å². The molecule has 0 spiro atoms. The Labute approximate surface area is 117 Å². The van der Waals surface area contributed by atoms with Crippen LogP contribution in [0.15, 0.2) is 24.5 Å². The average Bonchev–Trinajstić information content (AvgIpc) is 2.95. The van der Waals surface area contributed by atoms with Crippen LogP contribution in [0.3, 0.4) is 0 Å². The molecule has 0 radical (unpaired) electrons. The Morgan fingerprint density at radius 2 is 2.25 bits per heavy atom. The number of pyridine rings is 1. The number of aromatic amines is 1. The Hall–Kier alpha value is -2.17. The Kier molecular flexibility index (Phi) is 2.58. The molecule has 1 saturated heterocycles. The summed E-state index contributed by atoms with van der Waals surface area (Å²) in [7, 11) is 0. The molecule has 4 rings (SSSR count). The van der Waals surface area contributed by atoms with Crippen LogP contribution in [0, 0.1) is 5.92 Å². The maximum atomic E-state index is 4.26. The van der Waals surface area contributed by atoms with Gasteiger partial charge in [-0.05, 0) is 30.9 Å². The Bertz CT molecular complexity index is 763. The van der Waals surface area contributed by atoms with Crippen molar-refractivity contribution in [3.63, 3.8) is 0 Å². The van der Waals surface area contributed by atoms with Crippen LogP contribution in [0.5, 0.6) is 0 Å². The van der Waals surface area contributed by atoms with Gasteiger partial charge in [0.15, 0.2) is 11.3 Å². The predicted molar refractivity (Wildman–Crippen MR) is 79.8 cm³/mol. The first-order valence-electron chi connectivity index (χ1n) is 7.16. The number of anilines is 1. The molecule has 4 heterocycles. The van der Waals surface area contributed by atoms with Crippen LogP contribution >= 0.6 is 0 Å². The van der Waals surface area contributed by atoms with Crippen LogP contribution in [-0.2, 0) is 0 Å². The summed E-state index contributed by atoms with van der Waals surface area (Å²) in [6, 6.07) is 4.17. The molecule has 5 heteroatoms. The zero-order valence-corrected chi connectivity index (χ0v) is 11.5. The van der Waals surface area contributed by atoms with Crippen LogP contribution in [0.2, 0.25) is 0 Å². The standard InChI is InChI=1S/C15H17N5/c1-10-3-2-8-20(9-10)12-5-7-17-15-13(12)11-4-6-16-14(11)18-19-15/h4-7,10H,2-3,8-9H2,1H3,(H,17,19).